The van der Waals surface area contributed by atoms with Crippen LogP contribution < -0.4 is 0 Å². The highest BCUT2D eigenvalue weighted by Crippen LogP contribution is 2.77. The SMILES string of the molecule is [2H]C([2H])=C1C[C@]23C[C@@]1(O)CC[C@H]2[C@@]12C=C[C@H](O)[C@@](C)(C(=O)O1)[C@H]2[C@@H]3C(=O)O. The fraction of sp³-hybridized carbons (Fsp3) is 0.684. The van der Waals surface area contributed by atoms with Crippen LogP contribution in [0.3, 0.4) is 0 Å². The third-order valence-electron chi connectivity index (χ3n) is 7.99. The van der Waals surface area contributed by atoms with Gasteiger partial charge in [0, 0.05) is 11.8 Å². The normalized spacial score (nSPS) is 59.0. The summed E-state index contributed by atoms with van der Waals surface area (Å²) in [4.78, 5) is 25.2. The van der Waals surface area contributed by atoms with Crippen LogP contribution in [0.5, 0.6) is 0 Å². The minimum absolute atomic E-state index is 0.142. The number of carbonyl (C=O) groups excluding carboxylic acids is 1. The first-order chi connectivity index (χ1) is 12.5. The molecule has 0 amide bonds. The van der Waals surface area contributed by atoms with E-state index in [2.05, 4.69) is 0 Å². The summed E-state index contributed by atoms with van der Waals surface area (Å²) in [6.07, 6.45) is 3.10. The second-order valence-electron chi connectivity index (χ2n) is 8.81. The Kier molecular flexibility index (Phi) is 2.17. The Morgan fingerprint density at radius 2 is 2.28 bits per heavy atom. The van der Waals surface area contributed by atoms with Gasteiger partial charge in [0.25, 0.3) is 0 Å². The third kappa shape index (κ3) is 1.36. The molecule has 4 aliphatic carbocycles. The predicted octanol–water partition coefficient (Wildman–Crippen LogP) is 1.03. The molecule has 0 radical (unpaired) electrons. The Labute approximate surface area is 148 Å². The number of hydrogen-bond acceptors (Lipinski definition) is 5. The number of carboxylic acids is 1. The van der Waals surface area contributed by atoms with Crippen molar-refractivity contribution in [1.29, 1.82) is 0 Å². The molecule has 3 saturated carbocycles. The molecule has 4 fully saturated rings. The predicted molar refractivity (Wildman–Crippen MR) is 85.2 cm³/mol. The highest BCUT2D eigenvalue weighted by Gasteiger charge is 2.83. The first kappa shape index (κ1) is 13.5. The van der Waals surface area contributed by atoms with Crippen LogP contribution >= 0.6 is 0 Å². The number of fused-ring (bicyclic) bond motifs is 1. The Balaban J connectivity index is 1.78. The molecule has 0 aromatic rings. The molecule has 134 valence electrons. The summed E-state index contributed by atoms with van der Waals surface area (Å²) in [6, 6.07) is 0. The van der Waals surface area contributed by atoms with Crippen LogP contribution in [-0.2, 0) is 14.3 Å². The molecule has 1 saturated heterocycles. The molecule has 5 aliphatic rings. The molecule has 0 unspecified atom stereocenters. The van der Waals surface area contributed by atoms with Gasteiger partial charge >= 0.3 is 11.9 Å². The maximum Gasteiger partial charge on any atom is 0.316 e. The van der Waals surface area contributed by atoms with Gasteiger partial charge < -0.3 is 20.1 Å². The quantitative estimate of drug-likeness (QED) is 0.483. The van der Waals surface area contributed by atoms with Gasteiger partial charge in [-0.1, -0.05) is 12.6 Å². The van der Waals surface area contributed by atoms with E-state index in [1.807, 2.05) is 0 Å². The van der Waals surface area contributed by atoms with Gasteiger partial charge in [-0.15, -0.1) is 0 Å². The second kappa shape index (κ2) is 4.01. The molecule has 1 aliphatic heterocycles. The number of carboxylic acid groups (broad SMARTS) is 1. The van der Waals surface area contributed by atoms with Crippen molar-refractivity contribution in [3.8, 4) is 0 Å². The van der Waals surface area contributed by atoms with Crippen molar-refractivity contribution in [3.05, 3.63) is 24.3 Å². The van der Waals surface area contributed by atoms with Crippen molar-refractivity contribution in [2.24, 2.45) is 28.6 Å². The number of carbonyl (C=O) groups is 2. The lowest BCUT2D eigenvalue weighted by atomic mass is 9.61. The molecular formula is C19H22O6. The molecule has 1 heterocycles. The van der Waals surface area contributed by atoms with Crippen LogP contribution in [0.1, 0.15) is 35.3 Å². The van der Waals surface area contributed by atoms with Crippen molar-refractivity contribution in [3.63, 3.8) is 0 Å². The van der Waals surface area contributed by atoms with Crippen LogP contribution in [0.4, 0.5) is 0 Å². The molecule has 0 aromatic carbocycles. The summed E-state index contributed by atoms with van der Waals surface area (Å²) in [5, 5.41) is 31.9. The number of aliphatic carboxylic acids is 1. The fourth-order valence-corrected chi connectivity index (χ4v) is 7.02. The van der Waals surface area contributed by atoms with Gasteiger partial charge in [0.1, 0.15) is 11.0 Å². The average Bonchev–Trinajstić information content (AvgIpc) is 3.02. The fourth-order valence-electron chi connectivity index (χ4n) is 7.02. The zero-order chi connectivity index (χ0) is 19.6. The van der Waals surface area contributed by atoms with E-state index in [1.54, 1.807) is 13.0 Å². The maximum atomic E-state index is 12.7. The van der Waals surface area contributed by atoms with Crippen LogP contribution in [0.2, 0.25) is 0 Å². The van der Waals surface area contributed by atoms with Crippen LogP contribution in [0.15, 0.2) is 24.3 Å². The first-order valence-corrected chi connectivity index (χ1v) is 8.76. The number of ether oxygens (including phenoxy) is 1. The molecule has 4 bridgehead atoms. The lowest BCUT2D eigenvalue weighted by Gasteiger charge is -2.44. The summed E-state index contributed by atoms with van der Waals surface area (Å²) in [5.41, 5.74) is -4.44. The smallest absolute Gasteiger partial charge is 0.316 e. The summed E-state index contributed by atoms with van der Waals surface area (Å²) in [7, 11) is 0. The molecule has 3 N–H and O–H groups in total. The first-order valence-electron chi connectivity index (χ1n) is 9.76. The van der Waals surface area contributed by atoms with Gasteiger partial charge in [0.2, 0.25) is 0 Å². The number of esters is 1. The Bertz CT molecular complexity index is 849. The van der Waals surface area contributed by atoms with Crippen LogP contribution in [-0.4, -0.2) is 44.6 Å². The second-order valence-corrected chi connectivity index (χ2v) is 8.81. The van der Waals surface area contributed by atoms with Gasteiger partial charge in [-0.3, -0.25) is 9.59 Å². The highest BCUT2D eigenvalue weighted by molar-refractivity contribution is 5.86. The van der Waals surface area contributed by atoms with Gasteiger partial charge in [-0.2, -0.15) is 0 Å². The zero-order valence-electron chi connectivity index (χ0n) is 15.9. The topological polar surface area (TPSA) is 104 Å². The molecule has 6 nitrogen and oxygen atoms in total. The number of hydrogen-bond donors (Lipinski definition) is 3. The third-order valence-corrected chi connectivity index (χ3v) is 7.99. The molecule has 25 heavy (non-hydrogen) atoms. The highest BCUT2D eigenvalue weighted by atomic mass is 16.6. The average molecular weight is 348 g/mol. The number of rotatable bonds is 1. The van der Waals surface area contributed by atoms with E-state index in [9.17, 15) is 24.9 Å². The van der Waals surface area contributed by atoms with Gasteiger partial charge in [-0.05, 0) is 49.7 Å². The minimum atomic E-state index is -1.36. The van der Waals surface area contributed by atoms with Crippen molar-refractivity contribution < 1.29 is 32.4 Å². The summed E-state index contributed by atoms with van der Waals surface area (Å²) < 4.78 is 21.4. The van der Waals surface area contributed by atoms with E-state index in [-0.39, 0.29) is 24.3 Å². The number of aliphatic hydroxyl groups excluding tert-OH is 1. The van der Waals surface area contributed by atoms with E-state index in [0.29, 0.717) is 12.8 Å². The molecule has 6 heteroatoms. The van der Waals surface area contributed by atoms with Gasteiger partial charge in [0.15, 0.2) is 0 Å². The van der Waals surface area contributed by atoms with Crippen molar-refractivity contribution in [2.45, 2.75) is 49.9 Å². The Morgan fingerprint density at radius 1 is 1.52 bits per heavy atom. The van der Waals surface area contributed by atoms with Crippen molar-refractivity contribution in [1.82, 2.24) is 0 Å². The van der Waals surface area contributed by atoms with E-state index in [0.717, 1.165) is 0 Å². The molecule has 5 rings (SSSR count). The molecule has 0 aromatic heterocycles. The summed E-state index contributed by atoms with van der Waals surface area (Å²) >= 11 is 0. The largest absolute Gasteiger partial charge is 0.481 e. The maximum absolute atomic E-state index is 12.7. The van der Waals surface area contributed by atoms with Crippen LogP contribution in [0, 0.1) is 28.6 Å². The lowest BCUT2D eigenvalue weighted by molar-refractivity contribution is -0.163. The lowest BCUT2D eigenvalue weighted by Crippen LogP contribution is -2.50. The van der Waals surface area contributed by atoms with Crippen molar-refractivity contribution >= 4 is 11.9 Å². The number of aliphatic hydroxyl groups is 2. The Hall–Kier alpha value is -1.66. The van der Waals surface area contributed by atoms with Gasteiger partial charge in [-0.25, -0.2) is 0 Å². The van der Waals surface area contributed by atoms with E-state index >= 15 is 0 Å². The van der Waals surface area contributed by atoms with E-state index < -0.39 is 58.4 Å². The van der Waals surface area contributed by atoms with Crippen molar-refractivity contribution in [2.75, 3.05) is 0 Å². The van der Waals surface area contributed by atoms with Crippen LogP contribution in [0.25, 0.3) is 0 Å². The minimum Gasteiger partial charge on any atom is -0.481 e. The molecule has 1 spiro atoms. The summed E-state index contributed by atoms with van der Waals surface area (Å²) in [5.74, 6) is -3.75. The molecular weight excluding hydrogens is 324 g/mol. The zero-order valence-corrected chi connectivity index (χ0v) is 13.9. The van der Waals surface area contributed by atoms with E-state index in [1.165, 1.54) is 6.08 Å². The van der Waals surface area contributed by atoms with E-state index in [4.69, 9.17) is 7.48 Å². The van der Waals surface area contributed by atoms with Gasteiger partial charge in [0.05, 0.1) is 20.4 Å². The molecule has 8 atom stereocenters. The summed E-state index contributed by atoms with van der Waals surface area (Å²) in [6.45, 7) is 1.11. The standard InChI is InChI=1S/C19H22O6/c1-9-7-17-8-18(9,24)5-3-10(17)19-6-4-11(20)16(2,15(23)25-19)13(19)12(17)14(21)22/h4,6,10-13,20,24H,1,3,5,7-8H2,2H3,(H,21,22)/t10-,11+,12-,13-,16-,17+,18+,19-/m1/s1/i1D2. The Morgan fingerprint density at radius 3 is 2.96 bits per heavy atom. The monoisotopic (exact) mass is 348 g/mol.